The van der Waals surface area contributed by atoms with Gasteiger partial charge in [0.2, 0.25) is 23.0 Å². The molecular formula is C60H53BBrF9N14O8. The number of H-pyrrole nitrogens is 1. The number of aliphatic hydroxyl groups excluding tert-OH is 2. The molecule has 0 aliphatic rings. The molecule has 22 nitrogen and oxygen atoms in total. The van der Waals surface area contributed by atoms with Gasteiger partial charge in [0.15, 0.2) is 0 Å². The third-order valence-corrected chi connectivity index (χ3v) is 11.5. The molecule has 33 heteroatoms. The molecule has 0 aliphatic heterocycles. The van der Waals surface area contributed by atoms with Crippen LogP contribution in [0.4, 0.5) is 90.7 Å². The van der Waals surface area contributed by atoms with Gasteiger partial charge in [-0.3, -0.25) is 0 Å². The van der Waals surface area contributed by atoms with Gasteiger partial charge in [-0.05, 0) is 131 Å². The number of rotatable bonds is 16. The summed E-state index contributed by atoms with van der Waals surface area (Å²) in [5.74, 6) is 0.596. The molecule has 10 aromatic rings. The third-order valence-electron chi connectivity index (χ3n) is 11.1. The molecule has 0 saturated carbocycles. The molecule has 484 valence electrons. The highest BCUT2D eigenvalue weighted by atomic mass is 79.9. The summed E-state index contributed by atoms with van der Waals surface area (Å²) in [6.07, 6.45) is -14.1. The molecule has 0 amide bonds. The van der Waals surface area contributed by atoms with E-state index in [0.717, 1.165) is 0 Å². The van der Waals surface area contributed by atoms with Crippen LogP contribution in [0.1, 0.15) is 0 Å². The Labute approximate surface area is 532 Å². The summed E-state index contributed by atoms with van der Waals surface area (Å²) in [4.78, 5) is 7.82. The fourth-order valence-electron chi connectivity index (χ4n) is 7.11. The molecule has 2 heterocycles. The first-order chi connectivity index (χ1) is 44.4. The van der Waals surface area contributed by atoms with Crippen molar-refractivity contribution >= 4 is 79.7 Å². The van der Waals surface area contributed by atoms with Crippen LogP contribution < -0.4 is 46.1 Å². The molecule has 0 bridgehead atoms. The molecule has 10 rings (SSSR count). The van der Waals surface area contributed by atoms with Gasteiger partial charge in [-0.1, -0.05) is 94.8 Å². The number of hydrogen-bond acceptors (Lipinski definition) is 18. The van der Waals surface area contributed by atoms with Crippen LogP contribution in [0.15, 0.2) is 194 Å². The number of ether oxygens (including phenoxy) is 4. The van der Waals surface area contributed by atoms with E-state index < -0.39 is 26.2 Å². The van der Waals surface area contributed by atoms with Crippen LogP contribution in [0.5, 0.6) is 23.0 Å². The summed E-state index contributed by atoms with van der Waals surface area (Å²) in [6, 6.07) is 50.9. The van der Waals surface area contributed by atoms with Gasteiger partial charge in [0.25, 0.3) is 0 Å². The van der Waals surface area contributed by atoms with E-state index in [0.29, 0.717) is 90.5 Å². The molecular weight excluding hydrogens is 1310 g/mol. The Balaban J connectivity index is 0.000000216. The Kier molecular flexibility index (Phi) is 28.7. The molecule has 2 aromatic heterocycles. The van der Waals surface area contributed by atoms with E-state index in [-0.39, 0.29) is 37.0 Å². The number of anilines is 7. The SMILES string of the molecule is COc1ccc(B(O)O)cc1.FC(F)(F)Oc1ccc(Nc2ccccc2-c2nn[nH]n2)cc1.OCCBr.OCCn1nnc(-c2ccccc2Nc2ccc(OC(F)(F)F)cc2)n1.[C-]#[N+]c1ccccc1N.[C-]#[N+]c1ccccc1Nc1ccc(OC(F)(F)F)cc1. The van der Waals surface area contributed by atoms with Crippen LogP contribution in [0.3, 0.4) is 0 Å². The first-order valence-electron chi connectivity index (χ1n) is 26.5. The number of nitrogen functional groups attached to an aromatic ring is 1. The Hall–Kier alpha value is -11.0. The zero-order valence-corrected chi connectivity index (χ0v) is 49.8. The number of methoxy groups -OCH3 is 1. The van der Waals surface area contributed by atoms with E-state index in [4.69, 9.17) is 43.9 Å². The van der Waals surface area contributed by atoms with E-state index in [9.17, 15) is 39.5 Å². The second-order valence-corrected chi connectivity index (χ2v) is 18.5. The lowest BCUT2D eigenvalue weighted by atomic mass is 9.80. The van der Waals surface area contributed by atoms with Gasteiger partial charge in [-0.2, -0.15) is 10.0 Å². The quantitative estimate of drug-likeness (QED) is 0.0143. The van der Waals surface area contributed by atoms with Crippen molar-refractivity contribution in [2.45, 2.75) is 25.6 Å². The van der Waals surface area contributed by atoms with Crippen molar-refractivity contribution in [3.05, 3.63) is 217 Å². The number of hydrogen-bond donors (Lipinski definition) is 9. The van der Waals surface area contributed by atoms with E-state index in [1.54, 1.807) is 110 Å². The van der Waals surface area contributed by atoms with Crippen molar-refractivity contribution in [2.24, 2.45) is 0 Å². The van der Waals surface area contributed by atoms with Crippen LogP contribution in [0, 0.1) is 13.1 Å². The summed E-state index contributed by atoms with van der Waals surface area (Å²) in [7, 11) is 0.158. The first-order valence-corrected chi connectivity index (χ1v) is 27.6. The maximum absolute atomic E-state index is 12.2. The molecule has 93 heavy (non-hydrogen) atoms. The second-order valence-electron chi connectivity index (χ2n) is 17.7. The Morgan fingerprint density at radius 3 is 1.31 bits per heavy atom. The van der Waals surface area contributed by atoms with E-state index in [1.807, 2.05) is 18.2 Å². The van der Waals surface area contributed by atoms with E-state index >= 15 is 0 Å². The molecule has 0 unspecified atom stereocenters. The second kappa shape index (κ2) is 36.6. The highest BCUT2D eigenvalue weighted by Gasteiger charge is 2.32. The number of tetrazole rings is 2. The number of nitrogens with zero attached hydrogens (tertiary/aromatic N) is 9. The van der Waals surface area contributed by atoms with Crippen LogP contribution >= 0.6 is 15.9 Å². The van der Waals surface area contributed by atoms with Crippen LogP contribution in [-0.4, -0.2) is 113 Å². The highest BCUT2D eigenvalue weighted by Crippen LogP contribution is 2.33. The number of halogens is 10. The summed E-state index contributed by atoms with van der Waals surface area (Å²) >= 11 is 3.00. The largest absolute Gasteiger partial charge is 0.573 e. The Morgan fingerprint density at radius 2 is 0.935 bits per heavy atom. The number of aromatic nitrogens is 8. The predicted molar refractivity (Wildman–Crippen MR) is 333 cm³/mol. The zero-order chi connectivity index (χ0) is 67.8. The van der Waals surface area contributed by atoms with Gasteiger partial charge in [-0.25, -0.2) is 9.69 Å². The summed E-state index contributed by atoms with van der Waals surface area (Å²) < 4.78 is 125. The number of nitrogens with one attached hydrogen (secondary N) is 4. The van der Waals surface area contributed by atoms with E-state index in [2.05, 4.69) is 91.8 Å². The smallest absolute Gasteiger partial charge is 0.497 e. The fourth-order valence-corrected chi connectivity index (χ4v) is 7.11. The van der Waals surface area contributed by atoms with Crippen molar-refractivity contribution in [3.8, 4) is 45.8 Å². The van der Waals surface area contributed by atoms with E-state index in [1.165, 1.54) is 77.6 Å². The minimum atomic E-state index is -4.73. The number of para-hydroxylation sites is 6. The maximum atomic E-state index is 12.2. The lowest BCUT2D eigenvalue weighted by Crippen LogP contribution is -2.29. The van der Waals surface area contributed by atoms with Crippen molar-refractivity contribution in [2.75, 3.05) is 47.3 Å². The van der Waals surface area contributed by atoms with Crippen molar-refractivity contribution in [3.63, 3.8) is 0 Å². The average molecular weight is 1360 g/mol. The molecule has 0 saturated heterocycles. The molecule has 10 N–H and O–H groups in total. The fraction of sp³-hybridized carbons (Fsp3) is 0.133. The molecule has 0 aliphatic carbocycles. The number of nitrogens with two attached hydrogens (primary N) is 1. The van der Waals surface area contributed by atoms with Crippen LogP contribution in [0.2, 0.25) is 0 Å². The maximum Gasteiger partial charge on any atom is 0.573 e. The molecule has 8 aromatic carbocycles. The topological polar surface area (TPSA) is 287 Å². The first kappa shape index (κ1) is 72.8. The number of benzene rings is 8. The predicted octanol–water partition coefficient (Wildman–Crippen LogP) is 12.9. The average Bonchev–Trinajstić information content (AvgIpc) is 1.91. The Bertz CT molecular complexity index is 3900. The number of aromatic amines is 1. The summed E-state index contributed by atoms with van der Waals surface area (Å²) in [5.41, 5.74) is 12.4. The summed E-state index contributed by atoms with van der Waals surface area (Å²) in [6.45, 7) is 14.0. The number of aliphatic hydroxyl groups is 2. The van der Waals surface area contributed by atoms with Gasteiger partial charge < -0.3 is 60.9 Å². The van der Waals surface area contributed by atoms with Gasteiger partial charge in [0.05, 0.1) is 40.0 Å². The minimum Gasteiger partial charge on any atom is -0.497 e. The highest BCUT2D eigenvalue weighted by molar-refractivity contribution is 9.09. The normalized spacial score (nSPS) is 10.5. The molecule has 0 atom stereocenters. The number of alkyl halides is 10. The lowest BCUT2D eigenvalue weighted by Gasteiger charge is -2.12. The third kappa shape index (κ3) is 26.6. The van der Waals surface area contributed by atoms with Gasteiger partial charge in [0.1, 0.15) is 23.0 Å². The lowest BCUT2D eigenvalue weighted by molar-refractivity contribution is -0.275. The molecule has 0 spiro atoms. The van der Waals surface area contributed by atoms with Crippen LogP contribution in [0.25, 0.3) is 32.5 Å². The van der Waals surface area contributed by atoms with Crippen LogP contribution in [-0.2, 0) is 6.54 Å². The van der Waals surface area contributed by atoms with Gasteiger partial charge in [0, 0.05) is 56.3 Å². The molecule has 0 radical (unpaired) electrons. The zero-order valence-electron chi connectivity index (χ0n) is 48.2. The Morgan fingerprint density at radius 1 is 0.538 bits per heavy atom. The van der Waals surface area contributed by atoms with Gasteiger partial charge in [-0.15, -0.1) is 59.9 Å². The summed E-state index contributed by atoms with van der Waals surface area (Å²) in [5, 5.41) is 69.7. The van der Waals surface area contributed by atoms with Crippen molar-refractivity contribution in [1.29, 1.82) is 0 Å². The van der Waals surface area contributed by atoms with Crippen molar-refractivity contribution < 1.29 is 78.7 Å². The molecule has 0 fully saturated rings. The minimum absolute atomic E-state index is 0.109. The van der Waals surface area contributed by atoms with Crippen molar-refractivity contribution in [1.82, 2.24) is 40.8 Å². The standard InChI is InChI=1S/C16H14F3N5O2.C14H10F3N5O.C14H9F3N2O.C7H9BO3.C7H6N2.C2H5BrO/c17-16(18,19)26-12-7-5-11(6-8-12)20-14-4-2-1-3-13(14)15-21-23-24(22-15)9-10-25;15-14(16,17)23-10-7-5-9(6-8-10)18-12-4-2-1-3-11(12)13-19-21-22-20-13;1-18-12-4-2-3-5-13(12)19-10-6-8-11(9-7-10)20-14(15,16)17;1-11-7-4-2-6(3-5-7)8(9)10;1-9-7-5-3-2-4-6(7)8;3-1-2-4/h1-8,20,25H,9-10H2;1-8,18H,(H,19,20,21,22);2-9,19H;2-5,9-10H,1H3;2-5H,8H2;4H,1-2H2. The van der Waals surface area contributed by atoms with Gasteiger partial charge >= 0.3 is 26.2 Å². The monoisotopic (exact) mass is 1360 g/mol.